The Bertz CT molecular complexity index is 1250. The molecule has 2 aliphatic rings. The lowest BCUT2D eigenvalue weighted by atomic mass is 10.0. The number of H-pyrrole nitrogens is 1. The number of rotatable bonds is 8. The molecular formula is C27H37N5O3. The highest BCUT2D eigenvalue weighted by Crippen LogP contribution is 2.30. The second kappa shape index (κ2) is 10.5. The Morgan fingerprint density at radius 2 is 1.89 bits per heavy atom. The first-order chi connectivity index (χ1) is 17.0. The summed E-state index contributed by atoms with van der Waals surface area (Å²) in [5.74, 6) is 0.662. The largest absolute Gasteiger partial charge is 0.380 e. The van der Waals surface area contributed by atoms with Gasteiger partial charge in [-0.3, -0.25) is 19.2 Å². The highest BCUT2D eigenvalue weighted by atomic mass is 16.5. The van der Waals surface area contributed by atoms with Crippen molar-refractivity contribution < 1.29 is 9.53 Å². The first-order valence-electron chi connectivity index (χ1n) is 13.2. The third-order valence-corrected chi connectivity index (χ3v) is 7.65. The van der Waals surface area contributed by atoms with Gasteiger partial charge in [0.05, 0.1) is 29.2 Å². The van der Waals surface area contributed by atoms with Gasteiger partial charge < -0.3 is 14.6 Å². The number of aromatic amines is 1. The molecule has 0 bridgehead atoms. The quantitative estimate of drug-likeness (QED) is 0.500. The van der Waals surface area contributed by atoms with Crippen LogP contribution in [0.25, 0.3) is 21.8 Å². The number of hydrogen-bond donors (Lipinski definition) is 1. The van der Waals surface area contributed by atoms with Crippen LogP contribution in [0.5, 0.6) is 0 Å². The number of fused-ring (bicyclic) bond motifs is 3. The van der Waals surface area contributed by atoms with Crippen LogP contribution in [-0.4, -0.2) is 76.4 Å². The third-order valence-electron chi connectivity index (χ3n) is 7.65. The fraction of sp³-hybridized carbons (Fsp3) is 0.593. The van der Waals surface area contributed by atoms with Crippen molar-refractivity contribution in [1.29, 1.82) is 0 Å². The molecule has 1 aliphatic carbocycles. The summed E-state index contributed by atoms with van der Waals surface area (Å²) in [5.41, 5.74) is 3.08. The highest BCUT2D eigenvalue weighted by molar-refractivity contribution is 6.07. The summed E-state index contributed by atoms with van der Waals surface area (Å²) in [6.07, 6.45) is 7.66. The fourth-order valence-corrected chi connectivity index (χ4v) is 5.62. The monoisotopic (exact) mass is 479 g/mol. The maximum atomic E-state index is 13.6. The van der Waals surface area contributed by atoms with Gasteiger partial charge in [-0.2, -0.15) is 5.10 Å². The predicted octanol–water partition coefficient (Wildman–Crippen LogP) is 3.56. The summed E-state index contributed by atoms with van der Waals surface area (Å²) >= 11 is 0. The molecule has 1 saturated heterocycles. The molecule has 0 spiro atoms. The van der Waals surface area contributed by atoms with Crippen molar-refractivity contribution in [2.24, 2.45) is 5.92 Å². The number of benzene rings is 1. The molecule has 0 atom stereocenters. The van der Waals surface area contributed by atoms with E-state index in [0.29, 0.717) is 30.0 Å². The SMILES string of the molecule is CCCOCCN1CCN(C(=O)c2cc3c(cc2C)[nH]c(=O)c2cnn(CC4CCCC4)c23)CC1. The van der Waals surface area contributed by atoms with E-state index in [1.165, 1.54) is 25.7 Å². The number of nitrogens with zero attached hydrogens (tertiary/aromatic N) is 4. The van der Waals surface area contributed by atoms with E-state index in [-0.39, 0.29) is 11.5 Å². The Morgan fingerprint density at radius 3 is 2.63 bits per heavy atom. The Morgan fingerprint density at radius 1 is 1.11 bits per heavy atom. The third kappa shape index (κ3) is 5.00. The van der Waals surface area contributed by atoms with Crippen molar-refractivity contribution in [2.45, 2.75) is 52.5 Å². The van der Waals surface area contributed by atoms with Crippen LogP contribution < -0.4 is 5.56 Å². The molecule has 8 heteroatoms. The Labute approximate surface area is 206 Å². The lowest BCUT2D eigenvalue weighted by Crippen LogP contribution is -2.49. The molecule has 5 rings (SSSR count). The Balaban J connectivity index is 1.39. The van der Waals surface area contributed by atoms with Gasteiger partial charge in [0.1, 0.15) is 0 Å². The van der Waals surface area contributed by atoms with E-state index < -0.39 is 0 Å². The number of carbonyl (C=O) groups is 1. The Hall–Kier alpha value is -2.71. The van der Waals surface area contributed by atoms with Gasteiger partial charge in [0.15, 0.2) is 0 Å². The van der Waals surface area contributed by atoms with Gasteiger partial charge in [0, 0.05) is 56.8 Å². The van der Waals surface area contributed by atoms with E-state index >= 15 is 0 Å². The Kier molecular flexibility index (Phi) is 7.20. The van der Waals surface area contributed by atoms with E-state index in [2.05, 4.69) is 21.9 Å². The number of hydrogen-bond acceptors (Lipinski definition) is 5. The average molecular weight is 480 g/mol. The second-order valence-corrected chi connectivity index (χ2v) is 10.2. The van der Waals surface area contributed by atoms with Gasteiger partial charge in [-0.1, -0.05) is 19.8 Å². The van der Waals surface area contributed by atoms with Gasteiger partial charge in [0.2, 0.25) is 0 Å². The lowest BCUT2D eigenvalue weighted by molar-refractivity contribution is 0.0552. The molecule has 188 valence electrons. The zero-order valence-electron chi connectivity index (χ0n) is 21.0. The van der Waals surface area contributed by atoms with Gasteiger partial charge in [-0.05, 0) is 49.8 Å². The van der Waals surface area contributed by atoms with E-state index in [4.69, 9.17) is 4.74 Å². The molecule has 1 saturated carbocycles. The van der Waals surface area contributed by atoms with Gasteiger partial charge in [-0.25, -0.2) is 0 Å². The number of carbonyl (C=O) groups excluding carboxylic acids is 1. The maximum Gasteiger partial charge on any atom is 0.259 e. The molecule has 0 unspecified atom stereocenters. The number of piperazine rings is 1. The number of pyridine rings is 1. The van der Waals surface area contributed by atoms with Crippen LogP contribution in [-0.2, 0) is 11.3 Å². The number of nitrogens with one attached hydrogen (secondary N) is 1. The van der Waals surface area contributed by atoms with E-state index in [1.54, 1.807) is 6.20 Å². The average Bonchev–Trinajstić information content (AvgIpc) is 3.53. The van der Waals surface area contributed by atoms with Crippen LogP contribution in [0.4, 0.5) is 0 Å². The first-order valence-corrected chi connectivity index (χ1v) is 13.2. The minimum absolute atomic E-state index is 0.0625. The standard InChI is InChI=1S/C27H37N5O3/c1-3-13-35-14-12-30-8-10-31(11-9-30)27(34)21-16-22-24(15-19(21)2)29-26(33)23-17-28-32(25(22)23)18-20-6-4-5-7-20/h15-17,20H,3-14,18H2,1-2H3,(H,29,33). The molecule has 2 aromatic heterocycles. The van der Waals surface area contributed by atoms with Crippen LogP contribution in [0.3, 0.4) is 0 Å². The van der Waals surface area contributed by atoms with Gasteiger partial charge >= 0.3 is 0 Å². The van der Waals surface area contributed by atoms with Crippen molar-refractivity contribution in [3.8, 4) is 0 Å². The second-order valence-electron chi connectivity index (χ2n) is 10.2. The molecular weight excluding hydrogens is 442 g/mol. The molecule has 0 radical (unpaired) electrons. The van der Waals surface area contributed by atoms with Crippen molar-refractivity contribution in [3.63, 3.8) is 0 Å². The molecule has 1 aliphatic heterocycles. The van der Waals surface area contributed by atoms with Crippen molar-refractivity contribution in [1.82, 2.24) is 24.6 Å². The summed E-state index contributed by atoms with van der Waals surface area (Å²) in [6.45, 7) is 10.5. The molecule has 35 heavy (non-hydrogen) atoms. The number of amides is 1. The minimum Gasteiger partial charge on any atom is -0.380 e. The van der Waals surface area contributed by atoms with E-state index in [9.17, 15) is 9.59 Å². The molecule has 8 nitrogen and oxygen atoms in total. The molecule has 1 N–H and O–H groups in total. The number of aryl methyl sites for hydroxylation is 1. The smallest absolute Gasteiger partial charge is 0.259 e. The number of aromatic nitrogens is 3. The maximum absolute atomic E-state index is 13.6. The molecule has 1 amide bonds. The van der Waals surface area contributed by atoms with Crippen LogP contribution in [0, 0.1) is 12.8 Å². The molecule has 3 heterocycles. The zero-order valence-corrected chi connectivity index (χ0v) is 21.0. The number of ether oxygens (including phenoxy) is 1. The zero-order chi connectivity index (χ0) is 24.4. The first kappa shape index (κ1) is 24.0. The normalized spacial score (nSPS) is 17.7. The van der Waals surface area contributed by atoms with Crippen LogP contribution in [0.2, 0.25) is 0 Å². The van der Waals surface area contributed by atoms with Crippen molar-refractivity contribution in [3.05, 3.63) is 39.8 Å². The summed E-state index contributed by atoms with van der Waals surface area (Å²) in [5, 5.41) is 6.08. The van der Waals surface area contributed by atoms with Crippen LogP contribution in [0.15, 0.2) is 23.1 Å². The predicted molar refractivity (Wildman–Crippen MR) is 138 cm³/mol. The van der Waals surface area contributed by atoms with E-state index in [1.807, 2.05) is 28.6 Å². The minimum atomic E-state index is -0.123. The van der Waals surface area contributed by atoms with Crippen molar-refractivity contribution >= 4 is 27.7 Å². The summed E-state index contributed by atoms with van der Waals surface area (Å²) in [4.78, 5) is 33.7. The van der Waals surface area contributed by atoms with Crippen LogP contribution in [0.1, 0.15) is 54.9 Å². The van der Waals surface area contributed by atoms with Gasteiger partial charge in [0.25, 0.3) is 11.5 Å². The van der Waals surface area contributed by atoms with Crippen LogP contribution >= 0.6 is 0 Å². The van der Waals surface area contributed by atoms with Gasteiger partial charge in [-0.15, -0.1) is 0 Å². The molecule has 1 aromatic carbocycles. The topological polar surface area (TPSA) is 83.5 Å². The fourth-order valence-electron chi connectivity index (χ4n) is 5.62. The highest BCUT2D eigenvalue weighted by Gasteiger charge is 2.25. The molecule has 2 fully saturated rings. The summed E-state index contributed by atoms with van der Waals surface area (Å²) < 4.78 is 7.61. The lowest BCUT2D eigenvalue weighted by Gasteiger charge is -2.35. The molecule has 3 aromatic rings. The summed E-state index contributed by atoms with van der Waals surface area (Å²) in [7, 11) is 0. The van der Waals surface area contributed by atoms with Crippen molar-refractivity contribution in [2.75, 3.05) is 45.9 Å². The van der Waals surface area contributed by atoms with E-state index in [0.717, 1.165) is 67.8 Å². The summed E-state index contributed by atoms with van der Waals surface area (Å²) in [6, 6.07) is 3.92.